The number of hydrogen-bond acceptors (Lipinski definition) is 5. The number of nitrogens with one attached hydrogen (secondary N) is 1. The van der Waals surface area contributed by atoms with Crippen LogP contribution < -0.4 is 5.32 Å². The van der Waals surface area contributed by atoms with Crippen molar-refractivity contribution in [1.82, 2.24) is 8.68 Å². The third kappa shape index (κ3) is 4.88. The van der Waals surface area contributed by atoms with E-state index in [9.17, 15) is 13.2 Å². The fourth-order valence-corrected chi connectivity index (χ4v) is 5.77. The molecule has 0 atom stereocenters. The van der Waals surface area contributed by atoms with Crippen molar-refractivity contribution in [2.24, 2.45) is 0 Å². The number of hydrogen-bond donors (Lipinski definition) is 1. The quantitative estimate of drug-likeness (QED) is 0.427. The van der Waals surface area contributed by atoms with Crippen molar-refractivity contribution in [3.63, 3.8) is 0 Å². The first-order chi connectivity index (χ1) is 15.3. The zero-order valence-corrected chi connectivity index (χ0v) is 19.4. The number of benzene rings is 3. The summed E-state index contributed by atoms with van der Waals surface area (Å²) in [5, 5.41) is 3.75. The molecule has 0 saturated heterocycles. The number of fused-ring (bicyclic) bond motifs is 1. The second kappa shape index (κ2) is 9.20. The number of sulfonamides is 1. The Morgan fingerprint density at radius 2 is 1.81 bits per heavy atom. The molecule has 0 bridgehead atoms. The summed E-state index contributed by atoms with van der Waals surface area (Å²) in [5.74, 6) is -0.405. The molecule has 1 amide bonds. The molecule has 0 radical (unpaired) electrons. The van der Waals surface area contributed by atoms with Crippen molar-refractivity contribution in [2.45, 2.75) is 25.3 Å². The summed E-state index contributed by atoms with van der Waals surface area (Å²) in [6.07, 6.45) is 1.74. The predicted octanol–water partition coefficient (Wildman–Crippen LogP) is 4.74. The summed E-state index contributed by atoms with van der Waals surface area (Å²) in [5.41, 5.74) is 2.90. The van der Waals surface area contributed by atoms with Crippen LogP contribution in [0, 0.1) is 13.8 Å². The molecule has 1 aromatic heterocycles. The molecule has 164 valence electrons. The highest BCUT2D eigenvalue weighted by Crippen LogP contribution is 2.24. The number of carbonyl (C=O) groups is 1. The average molecular weight is 466 g/mol. The molecular weight excluding hydrogens is 442 g/mol. The minimum absolute atomic E-state index is 0.0947. The number of carbonyl (C=O) groups excluding carboxylic acids is 1. The van der Waals surface area contributed by atoms with Gasteiger partial charge in [-0.15, -0.1) is 0 Å². The number of nitrogens with zero attached hydrogens (tertiary/aromatic N) is 2. The van der Waals surface area contributed by atoms with Crippen LogP contribution in [0.4, 0.5) is 5.69 Å². The van der Waals surface area contributed by atoms with Gasteiger partial charge in [-0.3, -0.25) is 4.79 Å². The number of anilines is 1. The summed E-state index contributed by atoms with van der Waals surface area (Å²) < 4.78 is 33.5. The van der Waals surface area contributed by atoms with Crippen LogP contribution in [-0.4, -0.2) is 29.5 Å². The fraction of sp³-hybridized carbons (Fsp3) is 0.167. The highest BCUT2D eigenvalue weighted by Gasteiger charge is 2.28. The van der Waals surface area contributed by atoms with Crippen molar-refractivity contribution in [1.29, 1.82) is 0 Å². The topological polar surface area (TPSA) is 79.4 Å². The van der Waals surface area contributed by atoms with E-state index in [2.05, 4.69) is 9.69 Å². The molecule has 1 N–H and O–H groups in total. The lowest BCUT2D eigenvalue weighted by atomic mass is 10.2. The highest BCUT2D eigenvalue weighted by molar-refractivity contribution is 7.89. The second-order valence-corrected chi connectivity index (χ2v) is 10.4. The molecule has 0 spiro atoms. The van der Waals surface area contributed by atoms with Crippen molar-refractivity contribution < 1.29 is 13.2 Å². The van der Waals surface area contributed by atoms with Crippen molar-refractivity contribution in [2.75, 3.05) is 11.9 Å². The summed E-state index contributed by atoms with van der Waals surface area (Å²) in [6, 6.07) is 20.1. The maximum atomic E-state index is 13.6. The smallest absolute Gasteiger partial charge is 0.244 e. The normalized spacial score (nSPS) is 11.7. The van der Waals surface area contributed by atoms with Crippen LogP contribution >= 0.6 is 11.5 Å². The lowest BCUT2D eigenvalue weighted by Gasteiger charge is -2.23. The third-order valence-corrected chi connectivity index (χ3v) is 7.83. The molecule has 4 aromatic rings. The molecular formula is C24H23N3O3S2. The second-order valence-electron chi connectivity index (χ2n) is 7.65. The van der Waals surface area contributed by atoms with E-state index in [-0.39, 0.29) is 18.0 Å². The van der Waals surface area contributed by atoms with Crippen molar-refractivity contribution in [3.05, 3.63) is 89.6 Å². The van der Waals surface area contributed by atoms with E-state index in [1.54, 1.807) is 31.3 Å². The van der Waals surface area contributed by atoms with Crippen LogP contribution in [0.5, 0.6) is 0 Å². The first kappa shape index (κ1) is 22.1. The molecule has 0 aliphatic carbocycles. The predicted molar refractivity (Wildman–Crippen MR) is 128 cm³/mol. The molecule has 4 rings (SSSR count). The highest BCUT2D eigenvalue weighted by atomic mass is 32.2. The molecule has 0 saturated carbocycles. The number of aromatic nitrogens is 1. The van der Waals surface area contributed by atoms with Crippen molar-refractivity contribution in [3.8, 4) is 0 Å². The minimum Gasteiger partial charge on any atom is -0.325 e. The van der Waals surface area contributed by atoms with Crippen LogP contribution in [-0.2, 0) is 21.4 Å². The largest absolute Gasteiger partial charge is 0.325 e. The first-order valence-corrected chi connectivity index (χ1v) is 12.3. The van der Waals surface area contributed by atoms with E-state index in [0.717, 1.165) is 21.2 Å². The van der Waals surface area contributed by atoms with Crippen LogP contribution in [0.1, 0.15) is 16.7 Å². The van der Waals surface area contributed by atoms with Crippen LogP contribution in [0.15, 0.2) is 77.8 Å². The monoisotopic (exact) mass is 465 g/mol. The third-order valence-electron chi connectivity index (χ3n) is 5.12. The molecule has 0 unspecified atom stereocenters. The molecule has 0 aliphatic rings. The molecule has 8 heteroatoms. The van der Waals surface area contributed by atoms with Crippen LogP contribution in [0.2, 0.25) is 0 Å². The lowest BCUT2D eigenvalue weighted by Crippen LogP contribution is -2.37. The zero-order chi connectivity index (χ0) is 22.7. The average Bonchev–Trinajstić information content (AvgIpc) is 3.23. The van der Waals surface area contributed by atoms with Crippen LogP contribution in [0.3, 0.4) is 0 Å². The molecule has 1 heterocycles. The van der Waals surface area contributed by atoms with E-state index in [4.69, 9.17) is 0 Å². The van der Waals surface area contributed by atoms with E-state index < -0.39 is 15.9 Å². The Kier molecular flexibility index (Phi) is 6.36. The van der Waals surface area contributed by atoms with Gasteiger partial charge in [0.25, 0.3) is 0 Å². The minimum atomic E-state index is -3.90. The van der Waals surface area contributed by atoms with Gasteiger partial charge >= 0.3 is 0 Å². The zero-order valence-electron chi connectivity index (χ0n) is 17.8. The van der Waals surface area contributed by atoms with Gasteiger partial charge in [0.2, 0.25) is 15.9 Å². The van der Waals surface area contributed by atoms with Gasteiger partial charge in [0, 0.05) is 23.8 Å². The van der Waals surface area contributed by atoms with Gasteiger partial charge < -0.3 is 5.32 Å². The fourth-order valence-electron chi connectivity index (χ4n) is 3.45. The van der Waals surface area contributed by atoms with Gasteiger partial charge in [-0.2, -0.15) is 8.68 Å². The molecule has 32 heavy (non-hydrogen) atoms. The van der Waals surface area contributed by atoms with E-state index in [0.29, 0.717) is 11.3 Å². The van der Waals surface area contributed by atoms with Crippen molar-refractivity contribution >= 4 is 43.2 Å². The summed E-state index contributed by atoms with van der Waals surface area (Å²) >= 11 is 1.38. The Bertz CT molecular complexity index is 1370. The van der Waals surface area contributed by atoms with Gasteiger partial charge in [0.15, 0.2) is 0 Å². The SMILES string of the molecule is Cc1ccc(C)c(S(=O)(=O)N(CC(=O)Nc2ccc3sncc3c2)Cc2ccccc2)c1. The summed E-state index contributed by atoms with van der Waals surface area (Å²) in [7, 11) is -3.90. The Balaban J connectivity index is 1.62. The van der Waals surface area contributed by atoms with Gasteiger partial charge in [0.05, 0.1) is 16.1 Å². The number of rotatable bonds is 7. The maximum Gasteiger partial charge on any atom is 0.244 e. The molecule has 0 fully saturated rings. The Hall–Kier alpha value is -3.07. The van der Waals surface area contributed by atoms with Gasteiger partial charge in [-0.1, -0.05) is 42.5 Å². The van der Waals surface area contributed by atoms with Gasteiger partial charge in [0.1, 0.15) is 0 Å². The van der Waals surface area contributed by atoms with E-state index in [1.165, 1.54) is 15.8 Å². The molecule has 3 aromatic carbocycles. The lowest BCUT2D eigenvalue weighted by molar-refractivity contribution is -0.116. The standard InChI is InChI=1S/C24H23N3O3S2/c1-17-8-9-18(2)23(12-17)32(29,30)27(15-19-6-4-3-5-7-19)16-24(28)26-21-10-11-22-20(13-21)14-25-31-22/h3-14H,15-16H2,1-2H3,(H,26,28). The summed E-state index contributed by atoms with van der Waals surface area (Å²) in [4.78, 5) is 13.1. The van der Waals surface area contributed by atoms with E-state index >= 15 is 0 Å². The van der Waals surface area contributed by atoms with E-state index in [1.807, 2.05) is 55.5 Å². The maximum absolute atomic E-state index is 13.6. The van der Waals surface area contributed by atoms with Gasteiger partial charge in [-0.25, -0.2) is 8.42 Å². The summed E-state index contributed by atoms with van der Waals surface area (Å²) in [6.45, 7) is 3.40. The first-order valence-electron chi connectivity index (χ1n) is 10.1. The van der Waals surface area contributed by atoms with Gasteiger partial charge in [-0.05, 0) is 66.3 Å². The Morgan fingerprint density at radius 1 is 1.03 bits per heavy atom. The van der Waals surface area contributed by atoms with Crippen LogP contribution in [0.25, 0.3) is 10.1 Å². The molecule has 0 aliphatic heterocycles. The number of amides is 1. The number of aryl methyl sites for hydroxylation is 2. The Morgan fingerprint density at radius 3 is 2.59 bits per heavy atom. The Labute approximate surface area is 191 Å². The molecule has 6 nitrogen and oxygen atoms in total.